The first kappa shape index (κ1) is 21.1. The Labute approximate surface area is 147 Å². The molecular formula is C12H9Cl3S2Zr-2. The number of thiophene rings is 1. The van der Waals surface area contributed by atoms with Crippen molar-refractivity contribution in [3.05, 3.63) is 52.2 Å². The van der Waals surface area contributed by atoms with Gasteiger partial charge in [-0.15, -0.1) is 47.3 Å². The Hall–Kier alpha value is 0.763. The monoisotopic (exact) mass is 412 g/mol. The van der Waals surface area contributed by atoms with Crippen LogP contribution >= 0.6 is 31.8 Å². The van der Waals surface area contributed by atoms with Crippen molar-refractivity contribution >= 4 is 31.8 Å². The van der Waals surface area contributed by atoms with Crippen molar-refractivity contribution < 1.29 is 47.5 Å². The van der Waals surface area contributed by atoms with E-state index in [-0.39, 0.29) is 24.8 Å². The molecule has 0 saturated carbocycles. The Morgan fingerprint density at radius 1 is 1.33 bits per heavy atom. The number of fused-ring (bicyclic) bond motifs is 1. The summed E-state index contributed by atoms with van der Waals surface area (Å²) in [4.78, 5) is 0. The van der Waals surface area contributed by atoms with E-state index in [4.69, 9.17) is 11.6 Å². The Bertz CT molecular complexity index is 438. The Kier molecular flexibility index (Phi) is 15.0. The fraction of sp³-hybridized carbons (Fsp3) is 0.0833. The molecule has 0 aromatic heterocycles. The van der Waals surface area contributed by atoms with Crippen LogP contribution in [0.2, 0.25) is 4.34 Å². The molecule has 0 fully saturated rings. The van der Waals surface area contributed by atoms with E-state index in [1.165, 1.54) is 11.1 Å². The molecule has 0 saturated heterocycles. The molecule has 96 valence electrons. The normalized spacial score (nSPS) is 10.6. The first-order chi connectivity index (χ1) is 7.88. The predicted octanol–water partition coefficient (Wildman–Crippen LogP) is -0.815. The second-order valence-electron chi connectivity index (χ2n) is 2.91. The maximum atomic E-state index is 5.83. The van der Waals surface area contributed by atoms with Gasteiger partial charge in [-0.2, -0.15) is 6.08 Å². The van der Waals surface area contributed by atoms with Crippen LogP contribution in [-0.2, 0) is 22.7 Å². The van der Waals surface area contributed by atoms with Crippen LogP contribution in [0.1, 0.15) is 6.42 Å². The summed E-state index contributed by atoms with van der Waals surface area (Å²) < 4.78 is 0.898. The summed E-state index contributed by atoms with van der Waals surface area (Å²) in [6.45, 7) is 0. The minimum atomic E-state index is 0. The number of hydrogen-bond acceptors (Lipinski definition) is 2. The van der Waals surface area contributed by atoms with Gasteiger partial charge in [0.05, 0.1) is 0 Å². The molecule has 0 spiro atoms. The zero-order valence-electron chi connectivity index (χ0n) is 9.20. The van der Waals surface area contributed by atoms with E-state index < -0.39 is 0 Å². The van der Waals surface area contributed by atoms with Gasteiger partial charge < -0.3 is 24.8 Å². The van der Waals surface area contributed by atoms with Crippen molar-refractivity contribution in [3.8, 4) is 11.1 Å². The number of allylic oxidation sites excluding steroid dienone is 4. The van der Waals surface area contributed by atoms with Crippen LogP contribution in [0.4, 0.5) is 0 Å². The fourth-order valence-electron chi connectivity index (χ4n) is 1.23. The van der Waals surface area contributed by atoms with Crippen LogP contribution < -0.4 is 24.8 Å². The Morgan fingerprint density at radius 2 is 2.06 bits per heavy atom. The molecule has 0 aromatic rings. The van der Waals surface area contributed by atoms with Crippen LogP contribution in [0, 0.1) is 6.08 Å². The Morgan fingerprint density at radius 3 is 2.50 bits per heavy atom. The average molecular weight is 415 g/mol. The van der Waals surface area contributed by atoms with Gasteiger partial charge >= 0.3 is 31.5 Å². The molecule has 6 heteroatoms. The van der Waals surface area contributed by atoms with Crippen LogP contribution in [0.5, 0.6) is 0 Å². The van der Waals surface area contributed by atoms with Crippen LogP contribution in [0.25, 0.3) is 11.1 Å². The van der Waals surface area contributed by atoms with Gasteiger partial charge in [0.1, 0.15) is 0 Å². The van der Waals surface area contributed by atoms with Crippen molar-refractivity contribution in [2.24, 2.45) is 0 Å². The summed E-state index contributed by atoms with van der Waals surface area (Å²) in [5, 5.41) is 2.07. The van der Waals surface area contributed by atoms with Crippen LogP contribution in [0.15, 0.2) is 41.8 Å². The SMILES string of the molecule is Clc1s[cH-]c2cccc1-2.[C-]1=CC=CC1.[Cl-].[Cl-].[S]=[Zr+2]. The zero-order valence-corrected chi connectivity index (χ0v) is 15.6. The third kappa shape index (κ3) is 6.79. The third-order valence-electron chi connectivity index (χ3n) is 1.94. The molecular weight excluding hydrogens is 406 g/mol. The van der Waals surface area contributed by atoms with Crippen molar-refractivity contribution in [2.75, 3.05) is 0 Å². The van der Waals surface area contributed by atoms with E-state index >= 15 is 0 Å². The molecule has 3 aliphatic rings. The number of halogens is 3. The van der Waals surface area contributed by atoms with Gasteiger partial charge in [0, 0.05) is 0 Å². The molecule has 0 radical (unpaired) electrons. The minimum absolute atomic E-state index is 0. The molecule has 1 aliphatic heterocycles. The molecule has 0 aromatic carbocycles. The van der Waals surface area contributed by atoms with Gasteiger partial charge in [-0.25, -0.2) is 23.5 Å². The van der Waals surface area contributed by atoms with Crippen molar-refractivity contribution in [1.82, 2.24) is 0 Å². The summed E-state index contributed by atoms with van der Waals surface area (Å²) in [5.41, 5.74) is 2.44. The van der Waals surface area contributed by atoms with Crippen molar-refractivity contribution in [1.29, 1.82) is 0 Å². The molecule has 1 heterocycles. The molecule has 0 bridgehead atoms. The molecule has 0 nitrogen and oxygen atoms in total. The first-order valence-electron chi connectivity index (χ1n) is 4.58. The van der Waals surface area contributed by atoms with E-state index in [0.29, 0.717) is 0 Å². The van der Waals surface area contributed by atoms with Crippen molar-refractivity contribution in [3.63, 3.8) is 0 Å². The van der Waals surface area contributed by atoms with Crippen molar-refractivity contribution in [2.45, 2.75) is 6.42 Å². The third-order valence-corrected chi connectivity index (χ3v) is 3.21. The summed E-state index contributed by atoms with van der Waals surface area (Å²) in [6.07, 6.45) is 10.0. The van der Waals surface area contributed by atoms with Crippen LogP contribution in [-0.4, -0.2) is 0 Å². The van der Waals surface area contributed by atoms with E-state index in [1.54, 1.807) is 11.3 Å². The second kappa shape index (κ2) is 12.8. The summed E-state index contributed by atoms with van der Waals surface area (Å²) >= 11 is 8.56. The molecule has 0 unspecified atom stereocenters. The topological polar surface area (TPSA) is 0 Å². The predicted molar refractivity (Wildman–Crippen MR) is 70.7 cm³/mol. The van der Waals surface area contributed by atoms with E-state index in [2.05, 4.69) is 32.5 Å². The summed E-state index contributed by atoms with van der Waals surface area (Å²) in [6, 6.07) is 6.12. The van der Waals surface area contributed by atoms with Gasteiger partial charge in [-0.05, 0) is 4.34 Å². The van der Waals surface area contributed by atoms with E-state index in [1.807, 2.05) is 24.3 Å². The fourth-order valence-corrected chi connectivity index (χ4v) is 2.29. The Balaban J connectivity index is 0. The molecule has 0 atom stereocenters. The molecule has 0 amide bonds. The summed E-state index contributed by atoms with van der Waals surface area (Å²) in [5.74, 6) is 0. The van der Waals surface area contributed by atoms with Gasteiger partial charge in [0.2, 0.25) is 0 Å². The summed E-state index contributed by atoms with van der Waals surface area (Å²) in [7, 11) is 4.17. The van der Waals surface area contributed by atoms with Gasteiger partial charge in [-0.1, -0.05) is 5.38 Å². The maximum absolute atomic E-state index is 5.83. The van der Waals surface area contributed by atoms with Crippen LogP contribution in [0.3, 0.4) is 0 Å². The molecule has 2 aliphatic carbocycles. The molecule has 18 heavy (non-hydrogen) atoms. The molecule has 0 N–H and O–H groups in total. The number of rotatable bonds is 0. The second-order valence-corrected chi connectivity index (χ2v) is 4.39. The zero-order chi connectivity index (χ0) is 11.8. The van der Waals surface area contributed by atoms with Gasteiger partial charge in [0.25, 0.3) is 0 Å². The molecule has 3 rings (SSSR count). The van der Waals surface area contributed by atoms with Gasteiger partial charge in [0.15, 0.2) is 0 Å². The van der Waals surface area contributed by atoms with E-state index in [0.717, 1.165) is 33.4 Å². The number of hydrogen-bond donors (Lipinski definition) is 0. The quantitative estimate of drug-likeness (QED) is 0.508. The first-order valence-corrected chi connectivity index (χ1v) is 9.26. The standard InChI is InChI=1S/C7H4ClS.C5H5.2ClH.S.Zr/c8-7-6-3-1-2-5(6)4-9-7;1-2-4-5-3-1;;;;/h1-4H;1-3H,4H2;2*1H;;/q2*-1;;;;+2/p-2. The van der Waals surface area contributed by atoms with E-state index in [9.17, 15) is 0 Å². The average Bonchev–Trinajstić information content (AvgIpc) is 3.02. The van der Waals surface area contributed by atoms with Gasteiger partial charge in [-0.3, -0.25) is 6.08 Å².